The van der Waals surface area contributed by atoms with Crippen LogP contribution >= 0.6 is 11.3 Å². The van der Waals surface area contributed by atoms with E-state index in [1.54, 1.807) is 23.5 Å². The van der Waals surface area contributed by atoms with Crippen LogP contribution in [0.15, 0.2) is 41.1 Å². The van der Waals surface area contributed by atoms with Gasteiger partial charge in [-0.15, -0.1) is 0 Å². The van der Waals surface area contributed by atoms with Gasteiger partial charge in [0.2, 0.25) is 5.91 Å². The number of halogens is 1. The summed E-state index contributed by atoms with van der Waals surface area (Å²) in [5.41, 5.74) is 2.51. The molecule has 29 heavy (non-hydrogen) atoms. The highest BCUT2D eigenvalue weighted by Gasteiger charge is 2.36. The van der Waals surface area contributed by atoms with Crippen molar-refractivity contribution in [3.63, 3.8) is 0 Å². The first-order valence-electron chi connectivity index (χ1n) is 10.6. The third-order valence-electron chi connectivity index (χ3n) is 5.65. The maximum absolute atomic E-state index is 13.5. The van der Waals surface area contributed by atoms with E-state index in [2.05, 4.69) is 40.5 Å². The Bertz CT molecular complexity index is 773. The molecule has 2 atom stereocenters. The molecule has 2 heterocycles. The Kier molecular flexibility index (Phi) is 7.47. The van der Waals surface area contributed by atoms with Gasteiger partial charge in [0, 0.05) is 44.6 Å². The Balaban J connectivity index is 1.80. The summed E-state index contributed by atoms with van der Waals surface area (Å²) >= 11 is 1.73. The molecule has 1 saturated heterocycles. The number of rotatable bonds is 8. The Morgan fingerprint density at radius 1 is 1.17 bits per heavy atom. The third kappa shape index (κ3) is 5.89. The molecule has 5 heteroatoms. The van der Waals surface area contributed by atoms with E-state index in [0.717, 1.165) is 32.7 Å². The molecule has 158 valence electrons. The van der Waals surface area contributed by atoms with Gasteiger partial charge in [0.1, 0.15) is 5.82 Å². The molecule has 2 unspecified atom stereocenters. The summed E-state index contributed by atoms with van der Waals surface area (Å²) in [5, 5.41) is 4.32. The van der Waals surface area contributed by atoms with Gasteiger partial charge in [-0.2, -0.15) is 11.3 Å². The summed E-state index contributed by atoms with van der Waals surface area (Å²) in [6, 6.07) is 9.12. The molecule has 1 amide bonds. The van der Waals surface area contributed by atoms with Crippen molar-refractivity contribution in [1.82, 2.24) is 9.80 Å². The molecular weight excluding hydrogens is 383 g/mol. The molecule has 0 bridgehead atoms. The maximum Gasteiger partial charge on any atom is 0.225 e. The highest BCUT2D eigenvalue weighted by molar-refractivity contribution is 7.07. The molecule has 3 nitrogen and oxygen atoms in total. The summed E-state index contributed by atoms with van der Waals surface area (Å²) in [7, 11) is 0. The van der Waals surface area contributed by atoms with Gasteiger partial charge in [-0.3, -0.25) is 9.69 Å². The molecule has 1 aromatic heterocycles. The zero-order chi connectivity index (χ0) is 21.0. The fourth-order valence-corrected chi connectivity index (χ4v) is 5.01. The van der Waals surface area contributed by atoms with Crippen molar-refractivity contribution < 1.29 is 9.18 Å². The van der Waals surface area contributed by atoms with Crippen LogP contribution in [0.2, 0.25) is 0 Å². The predicted molar refractivity (Wildman–Crippen MR) is 118 cm³/mol. The van der Waals surface area contributed by atoms with Crippen molar-refractivity contribution in [2.45, 2.75) is 40.2 Å². The van der Waals surface area contributed by atoms with Crippen LogP contribution < -0.4 is 0 Å². The third-order valence-corrected chi connectivity index (χ3v) is 6.38. The van der Waals surface area contributed by atoms with Crippen molar-refractivity contribution in [3.8, 4) is 0 Å². The molecule has 1 aliphatic rings. The molecule has 0 N–H and O–H groups in total. The molecule has 0 saturated carbocycles. The van der Waals surface area contributed by atoms with E-state index in [-0.39, 0.29) is 17.6 Å². The van der Waals surface area contributed by atoms with E-state index in [9.17, 15) is 9.18 Å². The first-order valence-corrected chi connectivity index (χ1v) is 11.6. The molecule has 0 radical (unpaired) electrons. The Morgan fingerprint density at radius 2 is 1.90 bits per heavy atom. The van der Waals surface area contributed by atoms with Gasteiger partial charge in [-0.05, 0) is 51.9 Å². The topological polar surface area (TPSA) is 23.6 Å². The summed E-state index contributed by atoms with van der Waals surface area (Å²) in [4.78, 5) is 17.4. The Labute approximate surface area is 178 Å². The van der Waals surface area contributed by atoms with Crippen LogP contribution in [0.25, 0.3) is 0 Å². The first kappa shape index (κ1) is 22.0. The largest absolute Gasteiger partial charge is 0.342 e. The van der Waals surface area contributed by atoms with E-state index < -0.39 is 0 Å². The van der Waals surface area contributed by atoms with Gasteiger partial charge < -0.3 is 4.90 Å². The van der Waals surface area contributed by atoms with E-state index in [0.29, 0.717) is 17.8 Å². The number of likely N-dealkylation sites (tertiary alicyclic amines) is 1. The first-order chi connectivity index (χ1) is 13.8. The van der Waals surface area contributed by atoms with Gasteiger partial charge in [-0.1, -0.05) is 39.8 Å². The lowest BCUT2D eigenvalue weighted by Crippen LogP contribution is -2.41. The number of carbonyl (C=O) groups excluding carboxylic acids is 1. The summed E-state index contributed by atoms with van der Waals surface area (Å²) < 4.78 is 13.5. The lowest BCUT2D eigenvalue weighted by molar-refractivity contribution is -0.135. The van der Waals surface area contributed by atoms with E-state index in [4.69, 9.17) is 0 Å². The highest BCUT2D eigenvalue weighted by Crippen LogP contribution is 2.35. The second kappa shape index (κ2) is 9.86. The average Bonchev–Trinajstić information content (AvgIpc) is 3.31. The van der Waals surface area contributed by atoms with Crippen LogP contribution in [0.5, 0.6) is 0 Å². The highest BCUT2D eigenvalue weighted by atomic mass is 32.1. The van der Waals surface area contributed by atoms with Gasteiger partial charge in [0.15, 0.2) is 0 Å². The van der Waals surface area contributed by atoms with Crippen LogP contribution in [0.4, 0.5) is 4.39 Å². The van der Waals surface area contributed by atoms with Gasteiger partial charge in [-0.25, -0.2) is 4.39 Å². The lowest BCUT2D eigenvalue weighted by Gasteiger charge is -2.31. The van der Waals surface area contributed by atoms with Crippen LogP contribution in [0.1, 0.15) is 44.7 Å². The molecule has 1 fully saturated rings. The molecule has 1 aliphatic heterocycles. The molecule has 3 rings (SSSR count). The predicted octanol–water partition coefficient (Wildman–Crippen LogP) is 5.24. The minimum Gasteiger partial charge on any atom is -0.342 e. The van der Waals surface area contributed by atoms with Crippen molar-refractivity contribution in [2.24, 2.45) is 17.8 Å². The quantitative estimate of drug-likeness (QED) is 0.587. The van der Waals surface area contributed by atoms with Crippen molar-refractivity contribution in [1.29, 1.82) is 0 Å². The summed E-state index contributed by atoms with van der Waals surface area (Å²) in [6.45, 7) is 12.7. The van der Waals surface area contributed by atoms with Gasteiger partial charge in [0.05, 0.1) is 0 Å². The molecule has 0 spiro atoms. The van der Waals surface area contributed by atoms with Gasteiger partial charge >= 0.3 is 0 Å². The van der Waals surface area contributed by atoms with Gasteiger partial charge in [0.25, 0.3) is 0 Å². The van der Waals surface area contributed by atoms with E-state index in [1.165, 1.54) is 11.1 Å². The second-order valence-corrected chi connectivity index (χ2v) is 9.82. The van der Waals surface area contributed by atoms with Crippen LogP contribution in [-0.2, 0) is 11.3 Å². The molecule has 1 aromatic carbocycles. The van der Waals surface area contributed by atoms with Crippen LogP contribution in [0, 0.1) is 23.6 Å². The Hall–Kier alpha value is -1.72. The zero-order valence-electron chi connectivity index (χ0n) is 18.0. The second-order valence-electron chi connectivity index (χ2n) is 9.04. The van der Waals surface area contributed by atoms with Crippen molar-refractivity contribution in [2.75, 3.05) is 26.2 Å². The number of hydrogen-bond acceptors (Lipinski definition) is 3. The number of thiophene rings is 1. The molecule has 0 aliphatic carbocycles. The maximum atomic E-state index is 13.5. The van der Waals surface area contributed by atoms with E-state index >= 15 is 0 Å². The SMILES string of the molecule is CC(C)CN(CC1CN(Cc2ccsc2)CC1c1ccc(F)cc1)C(=O)C(C)C. The number of benzene rings is 1. The number of hydrogen-bond donors (Lipinski definition) is 0. The van der Waals surface area contributed by atoms with Crippen molar-refractivity contribution >= 4 is 17.2 Å². The molecular formula is C24H33FN2OS. The van der Waals surface area contributed by atoms with Crippen LogP contribution in [-0.4, -0.2) is 41.9 Å². The normalized spacial score (nSPS) is 20.0. The zero-order valence-corrected chi connectivity index (χ0v) is 18.8. The number of amides is 1. The summed E-state index contributed by atoms with van der Waals surface area (Å²) in [6.07, 6.45) is 0. The monoisotopic (exact) mass is 416 g/mol. The minimum atomic E-state index is -0.199. The number of nitrogens with zero attached hydrogens (tertiary/aromatic N) is 2. The average molecular weight is 417 g/mol. The van der Waals surface area contributed by atoms with E-state index in [1.807, 2.05) is 26.0 Å². The summed E-state index contributed by atoms with van der Waals surface area (Å²) in [5.74, 6) is 1.12. The van der Waals surface area contributed by atoms with Crippen LogP contribution in [0.3, 0.4) is 0 Å². The fraction of sp³-hybridized carbons (Fsp3) is 0.542. The lowest BCUT2D eigenvalue weighted by atomic mass is 9.88. The smallest absolute Gasteiger partial charge is 0.225 e. The number of carbonyl (C=O) groups is 1. The Morgan fingerprint density at radius 3 is 2.48 bits per heavy atom. The van der Waals surface area contributed by atoms with Crippen molar-refractivity contribution in [3.05, 3.63) is 58.0 Å². The minimum absolute atomic E-state index is 0.00123. The standard InChI is InChI=1S/C24H33FN2OS/c1-17(2)11-27(24(28)18(3)4)14-21-13-26(12-19-9-10-29-16-19)15-23(21)20-5-7-22(25)8-6-20/h5-10,16-18,21,23H,11-15H2,1-4H3. The fourth-order valence-electron chi connectivity index (χ4n) is 4.35. The molecule has 2 aromatic rings.